The van der Waals surface area contributed by atoms with E-state index in [9.17, 15) is 13.2 Å². The van der Waals surface area contributed by atoms with E-state index in [1.807, 2.05) is 0 Å². The molecule has 7 heteroatoms. The van der Waals surface area contributed by atoms with Gasteiger partial charge in [0.25, 0.3) is 0 Å². The quantitative estimate of drug-likeness (QED) is 0.486. The van der Waals surface area contributed by atoms with E-state index in [4.69, 9.17) is 4.74 Å². The van der Waals surface area contributed by atoms with Crippen molar-refractivity contribution in [2.24, 2.45) is 5.92 Å². The van der Waals surface area contributed by atoms with Crippen LogP contribution in [0.2, 0.25) is 0 Å². The molecule has 0 aromatic rings. The molecule has 0 aromatic heterocycles. The van der Waals surface area contributed by atoms with Crippen LogP contribution in [0.15, 0.2) is 0 Å². The smallest absolute Gasteiger partial charge is 0.310 e. The molecule has 0 bridgehead atoms. The van der Waals surface area contributed by atoms with Crippen molar-refractivity contribution in [1.29, 1.82) is 0 Å². The molecule has 2 unspecified atom stereocenters. The topological polar surface area (TPSA) is 81.7 Å². The third-order valence-electron chi connectivity index (χ3n) is 3.77. The summed E-state index contributed by atoms with van der Waals surface area (Å²) in [4.78, 5) is 11.6. The second-order valence-electron chi connectivity index (χ2n) is 5.36. The van der Waals surface area contributed by atoms with Crippen molar-refractivity contribution in [2.45, 2.75) is 50.7 Å². The second-order valence-corrected chi connectivity index (χ2v) is 7.34. The molecular formula is C14H27NO5S. The fourth-order valence-corrected chi connectivity index (χ4v) is 4.36. The zero-order valence-corrected chi connectivity index (χ0v) is 13.8. The lowest BCUT2D eigenvalue weighted by atomic mass is 10.1. The highest BCUT2D eigenvalue weighted by molar-refractivity contribution is 7.90. The molecule has 0 radical (unpaired) electrons. The van der Waals surface area contributed by atoms with E-state index in [0.717, 1.165) is 25.9 Å². The van der Waals surface area contributed by atoms with Gasteiger partial charge in [-0.15, -0.1) is 0 Å². The van der Waals surface area contributed by atoms with Gasteiger partial charge >= 0.3 is 5.97 Å². The maximum Gasteiger partial charge on any atom is 0.310 e. The van der Waals surface area contributed by atoms with E-state index < -0.39 is 27.2 Å². The van der Waals surface area contributed by atoms with Crippen molar-refractivity contribution in [3.8, 4) is 0 Å². The zero-order valence-electron chi connectivity index (χ0n) is 13.0. The van der Waals surface area contributed by atoms with Crippen LogP contribution in [0.5, 0.6) is 0 Å². The van der Waals surface area contributed by atoms with Crippen molar-refractivity contribution in [2.75, 3.05) is 26.9 Å². The Bertz CT molecular complexity index is 410. The first kappa shape index (κ1) is 18.4. The molecule has 0 amide bonds. The van der Waals surface area contributed by atoms with E-state index in [2.05, 4.69) is 16.4 Å². The zero-order chi connectivity index (χ0) is 15.7. The predicted octanol–water partition coefficient (Wildman–Crippen LogP) is 1.45. The van der Waals surface area contributed by atoms with Crippen LogP contribution in [-0.2, 0) is 24.3 Å². The van der Waals surface area contributed by atoms with Crippen LogP contribution in [0.3, 0.4) is 0 Å². The highest BCUT2D eigenvalue weighted by atomic mass is 32.2. The standard InChI is InChI=1S/C14H27NO5S/c1-3-4-10-20-11-6-9-15-21(17,18)13-8-5-7-12(13)14(16)19-2/h12-13,15H,3-11H2,1-2H3. The minimum absolute atomic E-state index is 0.346. The molecule has 0 aromatic carbocycles. The van der Waals surface area contributed by atoms with Gasteiger partial charge in [0.1, 0.15) is 0 Å². The Morgan fingerprint density at radius 1 is 1.24 bits per heavy atom. The summed E-state index contributed by atoms with van der Waals surface area (Å²) in [7, 11) is -2.17. The lowest BCUT2D eigenvalue weighted by Crippen LogP contribution is -2.40. The number of unbranched alkanes of at least 4 members (excludes halogenated alkanes) is 1. The van der Waals surface area contributed by atoms with Gasteiger partial charge in [-0.25, -0.2) is 13.1 Å². The molecule has 2 atom stereocenters. The lowest BCUT2D eigenvalue weighted by molar-refractivity contribution is -0.145. The van der Waals surface area contributed by atoms with Gasteiger partial charge in [-0.1, -0.05) is 19.8 Å². The van der Waals surface area contributed by atoms with E-state index in [-0.39, 0.29) is 0 Å². The number of ether oxygens (including phenoxy) is 2. The van der Waals surface area contributed by atoms with Crippen LogP contribution in [0, 0.1) is 5.92 Å². The summed E-state index contributed by atoms with van der Waals surface area (Å²) in [5.41, 5.74) is 0. The normalized spacial score (nSPS) is 22.4. The molecule has 0 spiro atoms. The van der Waals surface area contributed by atoms with Crippen LogP contribution in [0.4, 0.5) is 0 Å². The molecule has 0 heterocycles. The monoisotopic (exact) mass is 321 g/mol. The molecule has 1 N–H and O–H groups in total. The molecule has 1 fully saturated rings. The fourth-order valence-electron chi connectivity index (χ4n) is 2.56. The third-order valence-corrected chi connectivity index (χ3v) is 5.73. The second kappa shape index (κ2) is 9.38. The first-order chi connectivity index (χ1) is 10.0. The Balaban J connectivity index is 2.34. The molecule has 1 aliphatic carbocycles. The SMILES string of the molecule is CCCCOCCCNS(=O)(=O)C1CCCC1C(=O)OC. The highest BCUT2D eigenvalue weighted by Gasteiger charge is 2.41. The average Bonchev–Trinajstić information content (AvgIpc) is 2.95. The first-order valence-corrected chi connectivity index (χ1v) is 9.21. The average molecular weight is 321 g/mol. The maximum absolute atomic E-state index is 12.2. The summed E-state index contributed by atoms with van der Waals surface area (Å²) in [6.45, 7) is 3.71. The summed E-state index contributed by atoms with van der Waals surface area (Å²) >= 11 is 0. The molecule has 21 heavy (non-hydrogen) atoms. The molecule has 0 aliphatic heterocycles. The first-order valence-electron chi connectivity index (χ1n) is 7.67. The largest absolute Gasteiger partial charge is 0.469 e. The van der Waals surface area contributed by atoms with Crippen LogP contribution in [-0.4, -0.2) is 46.5 Å². The summed E-state index contributed by atoms with van der Waals surface area (Å²) in [5.74, 6) is -0.959. The summed E-state index contributed by atoms with van der Waals surface area (Å²) in [6.07, 6.45) is 4.59. The van der Waals surface area contributed by atoms with Crippen LogP contribution >= 0.6 is 0 Å². The minimum atomic E-state index is -3.47. The van der Waals surface area contributed by atoms with Gasteiger partial charge in [0.2, 0.25) is 10.0 Å². The summed E-state index contributed by atoms with van der Waals surface area (Å²) < 4.78 is 37.1. The number of carbonyl (C=O) groups excluding carboxylic acids is 1. The van der Waals surface area contributed by atoms with Crippen molar-refractivity contribution in [3.63, 3.8) is 0 Å². The Hall–Kier alpha value is -0.660. The molecule has 1 saturated carbocycles. The van der Waals surface area contributed by atoms with Gasteiger partial charge in [0.15, 0.2) is 0 Å². The molecule has 0 saturated heterocycles. The number of esters is 1. The Morgan fingerprint density at radius 2 is 1.95 bits per heavy atom. The van der Waals surface area contributed by atoms with Gasteiger partial charge in [-0.05, 0) is 25.7 Å². The van der Waals surface area contributed by atoms with Crippen molar-refractivity contribution in [3.05, 3.63) is 0 Å². The van der Waals surface area contributed by atoms with Gasteiger partial charge < -0.3 is 9.47 Å². The third kappa shape index (κ3) is 5.92. The number of rotatable bonds is 10. The van der Waals surface area contributed by atoms with Crippen LogP contribution in [0.25, 0.3) is 0 Å². The minimum Gasteiger partial charge on any atom is -0.469 e. The van der Waals surface area contributed by atoms with E-state index in [1.54, 1.807) is 0 Å². The number of hydrogen-bond acceptors (Lipinski definition) is 5. The Kier molecular flexibility index (Phi) is 8.21. The van der Waals surface area contributed by atoms with E-state index in [0.29, 0.717) is 32.4 Å². The molecule has 1 aliphatic rings. The summed E-state index contributed by atoms with van der Waals surface area (Å²) in [5, 5.41) is -0.661. The molecule has 6 nitrogen and oxygen atoms in total. The lowest BCUT2D eigenvalue weighted by Gasteiger charge is -2.18. The number of nitrogens with one attached hydrogen (secondary N) is 1. The van der Waals surface area contributed by atoms with Crippen molar-refractivity contribution in [1.82, 2.24) is 4.72 Å². The maximum atomic E-state index is 12.2. The van der Waals surface area contributed by atoms with Gasteiger partial charge in [-0.3, -0.25) is 4.79 Å². The van der Waals surface area contributed by atoms with Crippen LogP contribution < -0.4 is 4.72 Å². The van der Waals surface area contributed by atoms with Crippen molar-refractivity contribution < 1.29 is 22.7 Å². The number of carbonyl (C=O) groups is 1. The number of hydrogen-bond donors (Lipinski definition) is 1. The molecular weight excluding hydrogens is 294 g/mol. The van der Waals surface area contributed by atoms with Crippen LogP contribution in [0.1, 0.15) is 45.4 Å². The predicted molar refractivity (Wildman–Crippen MR) is 80.4 cm³/mol. The van der Waals surface area contributed by atoms with Gasteiger partial charge in [0, 0.05) is 19.8 Å². The van der Waals surface area contributed by atoms with Gasteiger partial charge in [0.05, 0.1) is 18.3 Å². The fraction of sp³-hybridized carbons (Fsp3) is 0.929. The van der Waals surface area contributed by atoms with Gasteiger partial charge in [-0.2, -0.15) is 0 Å². The van der Waals surface area contributed by atoms with E-state index in [1.165, 1.54) is 7.11 Å². The number of methoxy groups -OCH3 is 1. The van der Waals surface area contributed by atoms with E-state index >= 15 is 0 Å². The molecule has 124 valence electrons. The Morgan fingerprint density at radius 3 is 2.62 bits per heavy atom. The van der Waals surface area contributed by atoms with Crippen molar-refractivity contribution >= 4 is 16.0 Å². The highest BCUT2D eigenvalue weighted by Crippen LogP contribution is 2.31. The number of sulfonamides is 1. The Labute approximate surface area is 127 Å². The molecule has 1 rings (SSSR count). The summed E-state index contributed by atoms with van der Waals surface area (Å²) in [6, 6.07) is 0.